The molecule has 1 heterocycles. The molecule has 0 aliphatic heterocycles. The summed E-state index contributed by atoms with van der Waals surface area (Å²) in [6, 6.07) is 5.60. The number of alkyl halides is 3. The van der Waals surface area contributed by atoms with Gasteiger partial charge in [-0.25, -0.2) is 8.42 Å². The Kier molecular flexibility index (Phi) is 5.07. The maximum Gasteiger partial charge on any atom is 0.391 e. The average molecular weight is 389 g/mol. The fourth-order valence-corrected chi connectivity index (χ4v) is 4.68. The molecule has 0 radical (unpaired) electrons. The first-order valence-electron chi connectivity index (χ1n) is 8.11. The van der Waals surface area contributed by atoms with Gasteiger partial charge < -0.3 is 4.42 Å². The lowest BCUT2D eigenvalue weighted by Crippen LogP contribution is -2.41. The van der Waals surface area contributed by atoms with Crippen LogP contribution in [0.25, 0.3) is 11.5 Å². The molecule has 1 fully saturated rings. The molecule has 0 atom stereocenters. The van der Waals surface area contributed by atoms with Crippen molar-refractivity contribution in [3.8, 4) is 11.5 Å². The van der Waals surface area contributed by atoms with Crippen molar-refractivity contribution < 1.29 is 26.0 Å². The van der Waals surface area contributed by atoms with E-state index in [4.69, 9.17) is 4.42 Å². The first-order valence-corrected chi connectivity index (χ1v) is 9.55. The van der Waals surface area contributed by atoms with Gasteiger partial charge in [-0.3, -0.25) is 0 Å². The van der Waals surface area contributed by atoms with Crippen LogP contribution in [0.5, 0.6) is 0 Å². The molecule has 1 aliphatic rings. The van der Waals surface area contributed by atoms with Gasteiger partial charge in [-0.15, -0.1) is 10.2 Å². The van der Waals surface area contributed by atoms with Crippen LogP contribution < -0.4 is 0 Å². The van der Waals surface area contributed by atoms with Gasteiger partial charge in [0.15, 0.2) is 0 Å². The van der Waals surface area contributed by atoms with E-state index in [1.165, 1.54) is 23.5 Å². The third-order valence-corrected chi connectivity index (χ3v) is 6.70. The first-order chi connectivity index (χ1) is 12.2. The number of halogens is 3. The number of rotatable bonds is 4. The topological polar surface area (TPSA) is 76.3 Å². The number of hydrogen-bond donors (Lipinski definition) is 0. The lowest BCUT2D eigenvalue weighted by Gasteiger charge is -2.34. The molecule has 1 saturated carbocycles. The molecular formula is C16H18F3N3O3S. The summed E-state index contributed by atoms with van der Waals surface area (Å²) in [6.45, 7) is 0. The van der Waals surface area contributed by atoms with Crippen LogP contribution in [0.1, 0.15) is 25.7 Å². The van der Waals surface area contributed by atoms with Crippen LogP contribution >= 0.6 is 0 Å². The van der Waals surface area contributed by atoms with E-state index in [2.05, 4.69) is 10.2 Å². The molecule has 0 unspecified atom stereocenters. The summed E-state index contributed by atoms with van der Waals surface area (Å²) in [7, 11) is -2.43. The standard InChI is InChI=1S/C16H18F3N3O3S/c1-22(13-7-5-12(6-8-13)16(17,18)19)26(23,24)14-4-2-3-11(9-14)15-21-20-10-25-15/h2-4,9-10,12-13H,5-8H2,1H3. The summed E-state index contributed by atoms with van der Waals surface area (Å²) in [5, 5.41) is 7.30. The number of nitrogens with zero attached hydrogens (tertiary/aromatic N) is 3. The highest BCUT2D eigenvalue weighted by atomic mass is 32.2. The van der Waals surface area contributed by atoms with Crippen molar-refractivity contribution in [3.05, 3.63) is 30.7 Å². The summed E-state index contributed by atoms with van der Waals surface area (Å²) < 4.78 is 70.4. The van der Waals surface area contributed by atoms with Crippen LogP contribution in [-0.4, -0.2) is 42.2 Å². The molecular weight excluding hydrogens is 371 g/mol. The maximum atomic E-state index is 12.9. The Balaban J connectivity index is 1.77. The molecule has 26 heavy (non-hydrogen) atoms. The lowest BCUT2D eigenvalue weighted by atomic mass is 9.86. The van der Waals surface area contributed by atoms with Gasteiger partial charge in [0.1, 0.15) is 0 Å². The fourth-order valence-electron chi connectivity index (χ4n) is 3.22. The van der Waals surface area contributed by atoms with Crippen molar-refractivity contribution >= 4 is 10.0 Å². The summed E-state index contributed by atoms with van der Waals surface area (Å²) in [6.07, 6.45) is -2.83. The Morgan fingerprint density at radius 1 is 1.19 bits per heavy atom. The van der Waals surface area contributed by atoms with Gasteiger partial charge in [-0.1, -0.05) is 6.07 Å². The Hall–Kier alpha value is -1.94. The maximum absolute atomic E-state index is 12.9. The molecule has 6 nitrogen and oxygen atoms in total. The number of hydrogen-bond acceptors (Lipinski definition) is 5. The second kappa shape index (κ2) is 6.99. The number of benzene rings is 1. The zero-order valence-corrected chi connectivity index (χ0v) is 14.8. The molecule has 0 N–H and O–H groups in total. The number of aromatic nitrogens is 2. The van der Waals surface area contributed by atoms with Crippen LogP contribution in [0.3, 0.4) is 0 Å². The Bertz CT molecular complexity index is 845. The van der Waals surface area contributed by atoms with Crippen LogP contribution in [0.4, 0.5) is 13.2 Å². The Morgan fingerprint density at radius 2 is 1.88 bits per heavy atom. The monoisotopic (exact) mass is 389 g/mol. The molecule has 0 amide bonds. The minimum atomic E-state index is -4.22. The van der Waals surface area contributed by atoms with Gasteiger partial charge in [0.25, 0.3) is 0 Å². The largest absolute Gasteiger partial charge is 0.423 e. The second-order valence-corrected chi connectivity index (χ2v) is 8.34. The van der Waals surface area contributed by atoms with Gasteiger partial charge in [-0.2, -0.15) is 17.5 Å². The number of sulfonamides is 1. The van der Waals surface area contributed by atoms with E-state index in [1.807, 2.05) is 0 Å². The minimum Gasteiger partial charge on any atom is -0.423 e. The highest BCUT2D eigenvalue weighted by molar-refractivity contribution is 7.89. The highest BCUT2D eigenvalue weighted by Gasteiger charge is 2.43. The van der Waals surface area contributed by atoms with Crippen molar-refractivity contribution in [1.82, 2.24) is 14.5 Å². The predicted molar refractivity (Wildman–Crippen MR) is 86.5 cm³/mol. The molecule has 0 spiro atoms. The molecule has 1 aliphatic carbocycles. The minimum absolute atomic E-state index is 0.0358. The summed E-state index contributed by atoms with van der Waals surface area (Å²) in [4.78, 5) is 0.0358. The van der Waals surface area contributed by atoms with Crippen LogP contribution in [-0.2, 0) is 10.0 Å². The average Bonchev–Trinajstić information content (AvgIpc) is 3.15. The van der Waals surface area contributed by atoms with Gasteiger partial charge >= 0.3 is 6.18 Å². The molecule has 10 heteroatoms. The first kappa shape index (κ1) is 18.8. The van der Waals surface area contributed by atoms with Gasteiger partial charge in [0, 0.05) is 18.7 Å². The van der Waals surface area contributed by atoms with Gasteiger partial charge in [0.2, 0.25) is 22.3 Å². The Morgan fingerprint density at radius 3 is 2.46 bits per heavy atom. The van der Waals surface area contributed by atoms with Crippen molar-refractivity contribution in [1.29, 1.82) is 0 Å². The third-order valence-electron chi connectivity index (χ3n) is 4.79. The normalized spacial score (nSPS) is 21.9. The smallest absolute Gasteiger partial charge is 0.391 e. The van der Waals surface area contributed by atoms with E-state index in [-0.39, 0.29) is 36.5 Å². The fraction of sp³-hybridized carbons (Fsp3) is 0.500. The molecule has 0 saturated heterocycles. The third kappa shape index (κ3) is 3.75. The van der Waals surface area contributed by atoms with Crippen LogP contribution in [0.2, 0.25) is 0 Å². The van der Waals surface area contributed by atoms with Crippen LogP contribution in [0.15, 0.2) is 40.0 Å². The van der Waals surface area contributed by atoms with Gasteiger partial charge in [-0.05, 0) is 43.9 Å². The zero-order valence-electron chi connectivity index (χ0n) is 14.0. The van der Waals surface area contributed by atoms with E-state index in [0.29, 0.717) is 5.56 Å². The SMILES string of the molecule is CN(C1CCC(C(F)(F)F)CC1)S(=O)(=O)c1cccc(-c2nnco2)c1. The zero-order chi connectivity index (χ0) is 18.9. The van der Waals surface area contributed by atoms with E-state index in [9.17, 15) is 21.6 Å². The van der Waals surface area contributed by atoms with Gasteiger partial charge in [0.05, 0.1) is 10.8 Å². The second-order valence-electron chi connectivity index (χ2n) is 6.34. The molecule has 3 rings (SSSR count). The Labute approximate surface area is 149 Å². The quantitative estimate of drug-likeness (QED) is 0.800. The molecule has 142 valence electrons. The van der Waals surface area contributed by atoms with E-state index in [0.717, 1.165) is 6.39 Å². The summed E-state index contributed by atoms with van der Waals surface area (Å²) in [5.74, 6) is -1.16. The van der Waals surface area contributed by atoms with E-state index < -0.39 is 28.2 Å². The highest BCUT2D eigenvalue weighted by Crippen LogP contribution is 2.39. The lowest BCUT2D eigenvalue weighted by molar-refractivity contribution is -0.183. The molecule has 2 aromatic rings. The van der Waals surface area contributed by atoms with Crippen molar-refractivity contribution in [2.45, 2.75) is 42.8 Å². The molecule has 0 bridgehead atoms. The summed E-state index contributed by atoms with van der Waals surface area (Å²) >= 11 is 0. The summed E-state index contributed by atoms with van der Waals surface area (Å²) in [5.41, 5.74) is 0.456. The van der Waals surface area contributed by atoms with Crippen molar-refractivity contribution in [3.63, 3.8) is 0 Å². The van der Waals surface area contributed by atoms with E-state index in [1.54, 1.807) is 12.1 Å². The predicted octanol–water partition coefficient (Wildman–Crippen LogP) is 3.48. The molecule has 1 aromatic heterocycles. The van der Waals surface area contributed by atoms with Crippen LogP contribution in [0, 0.1) is 5.92 Å². The van der Waals surface area contributed by atoms with E-state index >= 15 is 0 Å². The van der Waals surface area contributed by atoms with Crippen molar-refractivity contribution in [2.24, 2.45) is 5.92 Å². The van der Waals surface area contributed by atoms with Crippen molar-refractivity contribution in [2.75, 3.05) is 7.05 Å². The molecule has 1 aromatic carbocycles.